The molecule has 0 aromatic heterocycles. The fraction of sp³-hybridized carbons (Fsp3) is 0.125. The highest BCUT2D eigenvalue weighted by atomic mass is 32.2. The van der Waals surface area contributed by atoms with E-state index in [1.54, 1.807) is 36.4 Å². The second-order valence-corrected chi connectivity index (χ2v) is 8.77. The van der Waals surface area contributed by atoms with Crippen molar-refractivity contribution >= 4 is 39.4 Å². The van der Waals surface area contributed by atoms with E-state index in [0.717, 1.165) is 5.56 Å². The molecular formula is C24H24N4O5S. The molecule has 0 spiro atoms. The third-order valence-corrected chi connectivity index (χ3v) is 5.85. The Bertz CT molecular complexity index is 1270. The zero-order valence-electron chi connectivity index (χ0n) is 18.6. The monoisotopic (exact) mass is 480 g/mol. The Morgan fingerprint density at radius 1 is 0.912 bits per heavy atom. The number of rotatable bonds is 9. The molecule has 0 unspecified atom stereocenters. The lowest BCUT2D eigenvalue weighted by Gasteiger charge is -2.09. The van der Waals surface area contributed by atoms with Crippen LogP contribution in [0.2, 0.25) is 0 Å². The number of nitrogens with zero attached hydrogens (tertiary/aromatic N) is 1. The Hall–Kier alpha value is -4.18. The maximum absolute atomic E-state index is 12.6. The van der Waals surface area contributed by atoms with Crippen molar-refractivity contribution < 1.29 is 22.7 Å². The van der Waals surface area contributed by atoms with Crippen LogP contribution in [0.4, 0.5) is 11.4 Å². The van der Waals surface area contributed by atoms with Crippen molar-refractivity contribution in [3.8, 4) is 5.75 Å². The van der Waals surface area contributed by atoms with Crippen LogP contribution in [0.5, 0.6) is 5.75 Å². The van der Waals surface area contributed by atoms with Crippen LogP contribution < -0.4 is 20.2 Å². The maximum Gasteiger partial charge on any atom is 0.271 e. The van der Waals surface area contributed by atoms with Crippen LogP contribution in [0.3, 0.4) is 0 Å². The van der Waals surface area contributed by atoms with Crippen LogP contribution in [0.15, 0.2) is 82.8 Å². The van der Waals surface area contributed by atoms with Gasteiger partial charge in [0.1, 0.15) is 5.75 Å². The van der Waals surface area contributed by atoms with Gasteiger partial charge in [-0.3, -0.25) is 14.3 Å². The Morgan fingerprint density at radius 3 is 2.12 bits per heavy atom. The summed E-state index contributed by atoms with van der Waals surface area (Å²) >= 11 is 0. The van der Waals surface area contributed by atoms with E-state index in [9.17, 15) is 18.0 Å². The molecule has 0 heterocycles. The number of sulfonamides is 1. The van der Waals surface area contributed by atoms with Gasteiger partial charge in [-0.25, -0.2) is 13.8 Å². The van der Waals surface area contributed by atoms with Gasteiger partial charge in [0.05, 0.1) is 17.7 Å². The van der Waals surface area contributed by atoms with Gasteiger partial charge in [0.25, 0.3) is 15.9 Å². The van der Waals surface area contributed by atoms with E-state index < -0.39 is 15.9 Å². The maximum atomic E-state index is 12.6. The fourth-order valence-electron chi connectivity index (χ4n) is 2.87. The first-order chi connectivity index (χ1) is 16.3. The predicted octanol–water partition coefficient (Wildman–Crippen LogP) is 3.61. The molecule has 0 fully saturated rings. The summed E-state index contributed by atoms with van der Waals surface area (Å²) in [6.07, 6.45) is 1.47. The number of amides is 2. The number of carbonyl (C=O) groups excluding carboxylic acids is 2. The topological polar surface area (TPSA) is 126 Å². The van der Waals surface area contributed by atoms with Gasteiger partial charge in [-0.05, 0) is 73.2 Å². The SMILES string of the molecule is CCOc1ccc(S(=O)(=O)Nc2ccc(C(=O)N/N=C\c3ccc(NC(C)=O)cc3)cc2)cc1. The minimum atomic E-state index is -3.79. The largest absolute Gasteiger partial charge is 0.494 e. The predicted molar refractivity (Wildman–Crippen MR) is 131 cm³/mol. The second kappa shape index (κ2) is 11.1. The molecule has 34 heavy (non-hydrogen) atoms. The molecule has 0 bridgehead atoms. The van der Waals surface area contributed by atoms with Crippen LogP contribution in [0, 0.1) is 0 Å². The number of benzene rings is 3. The van der Waals surface area contributed by atoms with Crippen LogP contribution in [0.1, 0.15) is 29.8 Å². The average molecular weight is 481 g/mol. The molecule has 10 heteroatoms. The van der Waals surface area contributed by atoms with Crippen LogP contribution in [-0.2, 0) is 14.8 Å². The summed E-state index contributed by atoms with van der Waals surface area (Å²) in [4.78, 5) is 23.4. The highest BCUT2D eigenvalue weighted by Crippen LogP contribution is 2.20. The molecule has 0 aliphatic carbocycles. The minimum absolute atomic E-state index is 0.0946. The first-order valence-electron chi connectivity index (χ1n) is 10.3. The lowest BCUT2D eigenvalue weighted by molar-refractivity contribution is -0.114. The lowest BCUT2D eigenvalue weighted by atomic mass is 10.2. The van der Waals surface area contributed by atoms with E-state index in [0.29, 0.717) is 29.3 Å². The van der Waals surface area contributed by atoms with Crippen molar-refractivity contribution in [2.75, 3.05) is 16.6 Å². The first-order valence-corrected chi connectivity index (χ1v) is 11.8. The zero-order valence-corrected chi connectivity index (χ0v) is 19.4. The van der Waals surface area contributed by atoms with Gasteiger partial charge in [-0.2, -0.15) is 5.10 Å². The van der Waals surface area contributed by atoms with E-state index in [1.807, 2.05) is 6.92 Å². The molecule has 0 aliphatic heterocycles. The van der Waals surface area contributed by atoms with E-state index in [4.69, 9.17) is 4.74 Å². The number of ether oxygens (including phenoxy) is 1. The van der Waals surface area contributed by atoms with Gasteiger partial charge in [0.2, 0.25) is 5.91 Å². The van der Waals surface area contributed by atoms with E-state index >= 15 is 0 Å². The van der Waals surface area contributed by atoms with E-state index in [1.165, 1.54) is 49.5 Å². The molecule has 0 aliphatic rings. The molecule has 3 N–H and O–H groups in total. The average Bonchev–Trinajstić information content (AvgIpc) is 2.80. The summed E-state index contributed by atoms with van der Waals surface area (Å²) in [5.41, 5.74) is 4.42. The third-order valence-electron chi connectivity index (χ3n) is 4.46. The quantitative estimate of drug-likeness (QED) is 0.319. The summed E-state index contributed by atoms with van der Waals surface area (Å²) < 4.78 is 32.9. The highest BCUT2D eigenvalue weighted by molar-refractivity contribution is 7.92. The summed E-state index contributed by atoms with van der Waals surface area (Å²) in [5, 5.41) is 6.58. The third kappa shape index (κ3) is 6.91. The summed E-state index contributed by atoms with van der Waals surface area (Å²) in [6.45, 7) is 3.76. The number of hydrogen-bond acceptors (Lipinski definition) is 6. The normalized spacial score (nSPS) is 11.1. The number of anilines is 2. The summed E-state index contributed by atoms with van der Waals surface area (Å²) in [7, 11) is -3.79. The smallest absolute Gasteiger partial charge is 0.271 e. The van der Waals surface area contributed by atoms with Crippen LogP contribution in [-0.4, -0.2) is 33.1 Å². The number of hydrogen-bond donors (Lipinski definition) is 3. The number of hydrazone groups is 1. The number of nitrogens with one attached hydrogen (secondary N) is 3. The van der Waals surface area contributed by atoms with Crippen molar-refractivity contribution in [1.82, 2.24) is 5.43 Å². The molecule has 0 atom stereocenters. The lowest BCUT2D eigenvalue weighted by Crippen LogP contribution is -2.18. The fourth-order valence-corrected chi connectivity index (χ4v) is 3.93. The number of carbonyl (C=O) groups is 2. The molecule has 0 saturated heterocycles. The highest BCUT2D eigenvalue weighted by Gasteiger charge is 2.14. The molecule has 0 saturated carbocycles. The van der Waals surface area contributed by atoms with Gasteiger partial charge in [-0.1, -0.05) is 12.1 Å². The first kappa shape index (κ1) is 24.5. The van der Waals surface area contributed by atoms with Crippen LogP contribution >= 0.6 is 0 Å². The van der Waals surface area contributed by atoms with Gasteiger partial charge >= 0.3 is 0 Å². The van der Waals surface area contributed by atoms with E-state index in [-0.39, 0.29) is 10.8 Å². The van der Waals surface area contributed by atoms with Gasteiger partial charge < -0.3 is 10.1 Å². The van der Waals surface area contributed by atoms with Gasteiger partial charge in [0.15, 0.2) is 0 Å². The Morgan fingerprint density at radius 2 is 1.53 bits per heavy atom. The Balaban J connectivity index is 1.57. The van der Waals surface area contributed by atoms with Gasteiger partial charge in [0, 0.05) is 23.9 Å². The van der Waals surface area contributed by atoms with Crippen molar-refractivity contribution in [1.29, 1.82) is 0 Å². The molecule has 3 aromatic rings. The minimum Gasteiger partial charge on any atom is -0.494 e. The molecular weight excluding hydrogens is 456 g/mol. The van der Waals surface area contributed by atoms with Gasteiger partial charge in [-0.15, -0.1) is 0 Å². The molecule has 9 nitrogen and oxygen atoms in total. The molecule has 3 aromatic carbocycles. The van der Waals surface area contributed by atoms with Crippen molar-refractivity contribution in [2.45, 2.75) is 18.7 Å². The van der Waals surface area contributed by atoms with Crippen molar-refractivity contribution in [2.24, 2.45) is 5.10 Å². The van der Waals surface area contributed by atoms with E-state index in [2.05, 4.69) is 20.6 Å². The Labute approximate surface area is 197 Å². The Kier molecular flexibility index (Phi) is 7.99. The molecule has 2 amide bonds. The van der Waals surface area contributed by atoms with Crippen molar-refractivity contribution in [3.05, 3.63) is 83.9 Å². The molecule has 176 valence electrons. The summed E-state index contributed by atoms with van der Waals surface area (Å²) in [6, 6.07) is 19.0. The van der Waals surface area contributed by atoms with Crippen molar-refractivity contribution in [3.63, 3.8) is 0 Å². The zero-order chi connectivity index (χ0) is 24.6. The molecule has 3 rings (SSSR count). The van der Waals surface area contributed by atoms with Crippen LogP contribution in [0.25, 0.3) is 0 Å². The standard InChI is InChI=1S/C24H24N4O5S/c1-3-33-22-12-14-23(15-13-22)34(31,32)28-21-10-6-19(7-11-21)24(30)27-25-16-18-4-8-20(9-5-18)26-17(2)29/h4-16,28H,3H2,1-2H3,(H,26,29)(H,27,30)/b25-16-. The molecule has 0 radical (unpaired) electrons. The second-order valence-electron chi connectivity index (χ2n) is 7.09. The summed E-state index contributed by atoms with van der Waals surface area (Å²) in [5.74, 6) is -0.0304.